The van der Waals surface area contributed by atoms with Gasteiger partial charge in [0, 0.05) is 6.08 Å². The van der Waals surface area contributed by atoms with E-state index in [9.17, 15) is 20.1 Å². The lowest BCUT2D eigenvalue weighted by Gasteiger charge is -2.30. The third-order valence-corrected chi connectivity index (χ3v) is 2.82. The molecule has 0 aliphatic carbocycles. The molecule has 0 radical (unpaired) electrons. The molecule has 96 valence electrons. The molecule has 1 aromatic rings. The number of esters is 1. The number of hydrogen-bond donors (Lipinski definition) is 3. The molecular formula is C13H14O5. The van der Waals surface area contributed by atoms with Crippen molar-refractivity contribution in [1.29, 1.82) is 0 Å². The first-order valence-corrected chi connectivity index (χ1v) is 5.57. The average molecular weight is 250 g/mol. The van der Waals surface area contributed by atoms with E-state index in [1.807, 2.05) is 0 Å². The first-order chi connectivity index (χ1) is 8.59. The van der Waals surface area contributed by atoms with Gasteiger partial charge in [0.25, 0.3) is 0 Å². The maximum absolute atomic E-state index is 11.1. The second kappa shape index (κ2) is 5.30. The predicted molar refractivity (Wildman–Crippen MR) is 62.4 cm³/mol. The molecule has 0 saturated carbocycles. The minimum Gasteiger partial charge on any atom is -0.453 e. The van der Waals surface area contributed by atoms with Crippen LogP contribution in [0.15, 0.2) is 42.5 Å². The summed E-state index contributed by atoms with van der Waals surface area (Å²) in [6, 6.07) is 8.49. The Morgan fingerprint density at radius 2 is 1.83 bits per heavy atom. The average Bonchev–Trinajstić information content (AvgIpc) is 2.41. The molecule has 0 bridgehead atoms. The summed E-state index contributed by atoms with van der Waals surface area (Å²) in [6.45, 7) is 0. The van der Waals surface area contributed by atoms with Gasteiger partial charge in [-0.1, -0.05) is 30.3 Å². The number of rotatable bonds is 3. The second-order valence-electron chi connectivity index (χ2n) is 4.10. The van der Waals surface area contributed by atoms with Crippen molar-refractivity contribution in [3.63, 3.8) is 0 Å². The normalized spacial score (nSPS) is 26.5. The summed E-state index contributed by atoms with van der Waals surface area (Å²) in [7, 11) is 0. The van der Waals surface area contributed by atoms with Gasteiger partial charge < -0.3 is 20.1 Å². The smallest absolute Gasteiger partial charge is 0.330 e. The Labute approximate surface area is 104 Å². The predicted octanol–water partition coefficient (Wildman–Crippen LogP) is -0.0766. The lowest BCUT2D eigenvalue weighted by Crippen LogP contribution is -2.45. The van der Waals surface area contributed by atoms with Crippen LogP contribution in [-0.2, 0) is 9.53 Å². The summed E-state index contributed by atoms with van der Waals surface area (Å²) in [5.41, 5.74) is 0.489. The molecule has 1 aliphatic heterocycles. The molecule has 0 spiro atoms. The third-order valence-electron chi connectivity index (χ3n) is 2.82. The molecule has 1 aromatic carbocycles. The summed E-state index contributed by atoms with van der Waals surface area (Å²) in [5.74, 6) is -0.649. The van der Waals surface area contributed by atoms with Crippen molar-refractivity contribution < 1.29 is 24.9 Å². The molecule has 5 nitrogen and oxygen atoms in total. The number of benzene rings is 1. The highest BCUT2D eigenvalue weighted by Crippen LogP contribution is 2.23. The molecule has 1 heterocycles. The van der Waals surface area contributed by atoms with E-state index in [1.54, 1.807) is 30.3 Å². The van der Waals surface area contributed by atoms with Gasteiger partial charge in [-0.05, 0) is 11.6 Å². The molecule has 5 heteroatoms. The largest absolute Gasteiger partial charge is 0.453 e. The van der Waals surface area contributed by atoms with E-state index in [4.69, 9.17) is 4.74 Å². The van der Waals surface area contributed by atoms with Gasteiger partial charge in [0.05, 0.1) is 0 Å². The Balaban J connectivity index is 2.14. The summed E-state index contributed by atoms with van der Waals surface area (Å²) in [5, 5.41) is 29.5. The molecule has 0 unspecified atom stereocenters. The molecule has 3 N–H and O–H groups in total. The third kappa shape index (κ3) is 2.59. The number of aliphatic hydroxyl groups excluding tert-OH is 3. The zero-order valence-corrected chi connectivity index (χ0v) is 9.51. The van der Waals surface area contributed by atoms with Crippen molar-refractivity contribution in [2.45, 2.75) is 24.4 Å². The zero-order valence-electron chi connectivity index (χ0n) is 9.51. The van der Waals surface area contributed by atoms with Crippen LogP contribution in [0.3, 0.4) is 0 Å². The standard InChI is InChI=1S/C13H14O5/c14-9-6-7-10(15)18-13(9)12(17)11(16)8-4-2-1-3-5-8/h1-7,9,11-14,16-17H/t9-,11-,12-,13+/m0/s1. The van der Waals surface area contributed by atoms with Gasteiger partial charge in [0.15, 0.2) is 6.10 Å². The lowest BCUT2D eigenvalue weighted by atomic mass is 9.96. The minimum atomic E-state index is -1.39. The highest BCUT2D eigenvalue weighted by Gasteiger charge is 2.36. The van der Waals surface area contributed by atoms with E-state index in [1.165, 1.54) is 6.08 Å². The van der Waals surface area contributed by atoms with Crippen molar-refractivity contribution >= 4 is 5.97 Å². The topological polar surface area (TPSA) is 87.0 Å². The number of cyclic esters (lactones) is 1. The van der Waals surface area contributed by atoms with E-state index in [0.29, 0.717) is 5.56 Å². The Kier molecular flexibility index (Phi) is 3.76. The van der Waals surface area contributed by atoms with Crippen molar-refractivity contribution in [3.8, 4) is 0 Å². The van der Waals surface area contributed by atoms with Crippen LogP contribution in [0.25, 0.3) is 0 Å². The first kappa shape index (κ1) is 12.8. The Morgan fingerprint density at radius 3 is 2.50 bits per heavy atom. The highest BCUT2D eigenvalue weighted by atomic mass is 16.6. The van der Waals surface area contributed by atoms with E-state index in [0.717, 1.165) is 6.08 Å². The monoisotopic (exact) mass is 250 g/mol. The van der Waals surface area contributed by atoms with Crippen LogP contribution in [0.4, 0.5) is 0 Å². The summed E-state index contributed by atoms with van der Waals surface area (Å²) >= 11 is 0. The molecule has 0 aromatic heterocycles. The van der Waals surface area contributed by atoms with Crippen LogP contribution in [0.2, 0.25) is 0 Å². The van der Waals surface area contributed by atoms with Gasteiger partial charge in [-0.2, -0.15) is 0 Å². The SMILES string of the molecule is O=C1C=C[C@H](O)[C@H]([C@@H](O)[C@@H](O)c2ccccc2)O1. The van der Waals surface area contributed by atoms with Crippen LogP contribution >= 0.6 is 0 Å². The fourth-order valence-corrected chi connectivity index (χ4v) is 1.83. The summed E-state index contributed by atoms with van der Waals surface area (Å²) < 4.78 is 4.82. The second-order valence-corrected chi connectivity index (χ2v) is 4.10. The van der Waals surface area contributed by atoms with Crippen LogP contribution in [0, 0.1) is 0 Å². The van der Waals surface area contributed by atoms with Gasteiger partial charge in [-0.15, -0.1) is 0 Å². The van der Waals surface area contributed by atoms with Crippen LogP contribution in [0.5, 0.6) is 0 Å². The fraction of sp³-hybridized carbons (Fsp3) is 0.308. The van der Waals surface area contributed by atoms with Crippen molar-refractivity contribution in [3.05, 3.63) is 48.0 Å². The minimum absolute atomic E-state index is 0.489. The van der Waals surface area contributed by atoms with Crippen LogP contribution in [0.1, 0.15) is 11.7 Å². The number of hydrogen-bond acceptors (Lipinski definition) is 5. The molecule has 0 saturated heterocycles. The number of carbonyl (C=O) groups excluding carboxylic acids is 1. The molecular weight excluding hydrogens is 236 g/mol. The maximum Gasteiger partial charge on any atom is 0.330 e. The van der Waals surface area contributed by atoms with Crippen molar-refractivity contribution in [2.24, 2.45) is 0 Å². The van der Waals surface area contributed by atoms with E-state index in [2.05, 4.69) is 0 Å². The molecule has 2 rings (SSSR count). The van der Waals surface area contributed by atoms with Crippen LogP contribution < -0.4 is 0 Å². The zero-order chi connectivity index (χ0) is 13.1. The Bertz CT molecular complexity index is 442. The molecule has 1 aliphatic rings. The highest BCUT2D eigenvalue weighted by molar-refractivity contribution is 5.83. The van der Waals surface area contributed by atoms with Gasteiger partial charge in [0.2, 0.25) is 0 Å². The molecule has 0 fully saturated rings. The van der Waals surface area contributed by atoms with Crippen molar-refractivity contribution in [2.75, 3.05) is 0 Å². The Morgan fingerprint density at radius 1 is 1.17 bits per heavy atom. The lowest BCUT2D eigenvalue weighted by molar-refractivity contribution is -0.166. The quantitative estimate of drug-likeness (QED) is 0.653. The van der Waals surface area contributed by atoms with Gasteiger partial charge in [-0.3, -0.25) is 0 Å². The summed E-state index contributed by atoms with van der Waals surface area (Å²) in [6.07, 6.45) is -2.60. The van der Waals surface area contributed by atoms with Gasteiger partial charge in [-0.25, -0.2) is 4.79 Å². The fourth-order valence-electron chi connectivity index (χ4n) is 1.83. The van der Waals surface area contributed by atoms with Gasteiger partial charge >= 0.3 is 5.97 Å². The Hall–Kier alpha value is -1.69. The summed E-state index contributed by atoms with van der Waals surface area (Å²) in [4.78, 5) is 11.1. The van der Waals surface area contributed by atoms with E-state index >= 15 is 0 Å². The first-order valence-electron chi connectivity index (χ1n) is 5.57. The van der Waals surface area contributed by atoms with Crippen LogP contribution in [-0.4, -0.2) is 39.6 Å². The van der Waals surface area contributed by atoms with Crippen molar-refractivity contribution in [1.82, 2.24) is 0 Å². The van der Waals surface area contributed by atoms with Gasteiger partial charge in [0.1, 0.15) is 18.3 Å². The molecule has 0 amide bonds. The van der Waals surface area contributed by atoms with E-state index in [-0.39, 0.29) is 0 Å². The molecule has 18 heavy (non-hydrogen) atoms. The molecule has 4 atom stereocenters. The van der Waals surface area contributed by atoms with E-state index < -0.39 is 30.4 Å². The number of ether oxygens (including phenoxy) is 1. The number of aliphatic hydroxyl groups is 3. The maximum atomic E-state index is 11.1. The number of carbonyl (C=O) groups is 1.